The molecule has 0 radical (unpaired) electrons. The van der Waals surface area contributed by atoms with Crippen LogP contribution in [0.25, 0.3) is 0 Å². The van der Waals surface area contributed by atoms with Crippen LogP contribution in [0.2, 0.25) is 0 Å². The lowest BCUT2D eigenvalue weighted by Gasteiger charge is -2.12. The van der Waals surface area contributed by atoms with Gasteiger partial charge in [0.2, 0.25) is 0 Å². The van der Waals surface area contributed by atoms with Crippen LogP contribution in [0.15, 0.2) is 53.0 Å². The number of ether oxygens (including phenoxy) is 1. The number of hydrogen-bond acceptors (Lipinski definition) is 2. The zero-order valence-electron chi connectivity index (χ0n) is 9.95. The monoisotopic (exact) mass is 327 g/mol. The molecule has 0 fully saturated rings. The van der Waals surface area contributed by atoms with Crippen molar-refractivity contribution in [2.24, 2.45) is 0 Å². The molecule has 2 rings (SSSR count). The SMILES string of the molecule is FC(F)Oc1ccccc1NCc1cccc(Br)c1. The second kappa shape index (κ2) is 6.52. The molecule has 0 unspecified atom stereocenters. The minimum Gasteiger partial charge on any atom is -0.433 e. The lowest BCUT2D eigenvalue weighted by Crippen LogP contribution is -2.06. The molecule has 2 aromatic rings. The van der Waals surface area contributed by atoms with E-state index in [1.54, 1.807) is 18.2 Å². The Morgan fingerprint density at radius 3 is 2.63 bits per heavy atom. The molecule has 0 aliphatic heterocycles. The maximum atomic E-state index is 12.3. The molecule has 0 heterocycles. The first kappa shape index (κ1) is 13.8. The van der Waals surface area contributed by atoms with Crippen molar-refractivity contribution in [1.29, 1.82) is 0 Å². The summed E-state index contributed by atoms with van der Waals surface area (Å²) in [6.07, 6.45) is 0. The smallest absolute Gasteiger partial charge is 0.387 e. The van der Waals surface area contributed by atoms with Crippen LogP contribution in [-0.2, 0) is 6.54 Å². The highest BCUT2D eigenvalue weighted by atomic mass is 79.9. The number of nitrogens with one attached hydrogen (secondary N) is 1. The van der Waals surface area contributed by atoms with E-state index < -0.39 is 6.61 Å². The van der Waals surface area contributed by atoms with Crippen LogP contribution in [0.5, 0.6) is 5.75 Å². The Hall–Kier alpha value is -1.62. The average molecular weight is 328 g/mol. The topological polar surface area (TPSA) is 21.3 Å². The van der Waals surface area contributed by atoms with E-state index in [0.717, 1.165) is 10.0 Å². The maximum Gasteiger partial charge on any atom is 0.387 e. The Labute approximate surface area is 118 Å². The van der Waals surface area contributed by atoms with E-state index in [9.17, 15) is 8.78 Å². The summed E-state index contributed by atoms with van der Waals surface area (Å²) in [5.41, 5.74) is 1.59. The van der Waals surface area contributed by atoms with Crippen LogP contribution in [0.3, 0.4) is 0 Å². The minimum absolute atomic E-state index is 0.146. The highest BCUT2D eigenvalue weighted by Crippen LogP contribution is 2.26. The summed E-state index contributed by atoms with van der Waals surface area (Å²) in [5, 5.41) is 3.08. The fraction of sp³-hybridized carbons (Fsp3) is 0.143. The van der Waals surface area contributed by atoms with Gasteiger partial charge in [0, 0.05) is 11.0 Å². The van der Waals surface area contributed by atoms with Gasteiger partial charge in [-0.1, -0.05) is 40.2 Å². The first-order valence-corrected chi connectivity index (χ1v) is 6.46. The first-order chi connectivity index (χ1) is 9.15. The quantitative estimate of drug-likeness (QED) is 0.862. The molecule has 0 aliphatic rings. The largest absolute Gasteiger partial charge is 0.433 e. The number of benzene rings is 2. The van der Waals surface area contributed by atoms with Gasteiger partial charge in [0.1, 0.15) is 5.75 Å². The van der Waals surface area contributed by atoms with Crippen LogP contribution in [0.1, 0.15) is 5.56 Å². The third kappa shape index (κ3) is 4.21. The molecule has 2 aromatic carbocycles. The molecule has 0 atom stereocenters. The second-order valence-electron chi connectivity index (χ2n) is 3.86. The van der Waals surface area contributed by atoms with Gasteiger partial charge in [0.15, 0.2) is 0 Å². The molecule has 2 nitrogen and oxygen atoms in total. The van der Waals surface area contributed by atoms with Gasteiger partial charge in [0.25, 0.3) is 0 Å². The van der Waals surface area contributed by atoms with Crippen LogP contribution in [0, 0.1) is 0 Å². The summed E-state index contributed by atoms with van der Waals surface area (Å²) >= 11 is 3.38. The lowest BCUT2D eigenvalue weighted by molar-refractivity contribution is -0.0493. The summed E-state index contributed by atoms with van der Waals surface area (Å²) < 4.78 is 29.9. The van der Waals surface area contributed by atoms with Crippen molar-refractivity contribution in [2.45, 2.75) is 13.2 Å². The van der Waals surface area contributed by atoms with E-state index in [1.807, 2.05) is 24.3 Å². The van der Waals surface area contributed by atoms with E-state index in [4.69, 9.17) is 0 Å². The molecule has 0 aliphatic carbocycles. The van der Waals surface area contributed by atoms with Crippen LogP contribution < -0.4 is 10.1 Å². The summed E-state index contributed by atoms with van der Waals surface area (Å²) in [6, 6.07) is 14.4. The maximum absolute atomic E-state index is 12.3. The molecule has 100 valence electrons. The molecular weight excluding hydrogens is 316 g/mol. The number of hydrogen-bond donors (Lipinski definition) is 1. The third-order valence-electron chi connectivity index (χ3n) is 2.48. The number of para-hydroxylation sites is 2. The zero-order chi connectivity index (χ0) is 13.7. The molecule has 1 N–H and O–H groups in total. The number of rotatable bonds is 5. The summed E-state index contributed by atoms with van der Waals surface area (Å²) in [6.45, 7) is -2.29. The van der Waals surface area contributed by atoms with E-state index in [-0.39, 0.29) is 5.75 Å². The molecule has 0 spiro atoms. The van der Waals surface area contributed by atoms with E-state index in [1.165, 1.54) is 6.07 Å². The van der Waals surface area contributed by atoms with E-state index in [2.05, 4.69) is 26.0 Å². The Morgan fingerprint density at radius 1 is 1.11 bits per heavy atom. The Bertz CT molecular complexity index is 548. The van der Waals surface area contributed by atoms with Crippen molar-refractivity contribution in [1.82, 2.24) is 0 Å². The minimum atomic E-state index is -2.83. The van der Waals surface area contributed by atoms with Gasteiger partial charge >= 0.3 is 6.61 Å². The van der Waals surface area contributed by atoms with E-state index >= 15 is 0 Å². The average Bonchev–Trinajstić information content (AvgIpc) is 2.37. The Kier molecular flexibility index (Phi) is 4.74. The summed E-state index contributed by atoms with van der Waals surface area (Å²) in [4.78, 5) is 0. The highest BCUT2D eigenvalue weighted by molar-refractivity contribution is 9.10. The molecule has 0 aromatic heterocycles. The van der Waals surface area contributed by atoms with Crippen molar-refractivity contribution >= 4 is 21.6 Å². The van der Waals surface area contributed by atoms with Crippen molar-refractivity contribution in [3.63, 3.8) is 0 Å². The van der Waals surface area contributed by atoms with Crippen LogP contribution >= 0.6 is 15.9 Å². The second-order valence-corrected chi connectivity index (χ2v) is 4.77. The standard InChI is InChI=1S/C14H12BrF2NO/c15-11-5-3-4-10(8-11)9-18-12-6-1-2-7-13(12)19-14(16)17/h1-8,14,18H,9H2. The predicted molar refractivity (Wildman–Crippen MR) is 74.5 cm³/mol. The highest BCUT2D eigenvalue weighted by Gasteiger charge is 2.08. The van der Waals surface area contributed by atoms with Crippen LogP contribution in [0.4, 0.5) is 14.5 Å². The molecule has 0 amide bonds. The van der Waals surface area contributed by atoms with E-state index in [0.29, 0.717) is 12.2 Å². The molecule has 0 saturated carbocycles. The normalized spacial score (nSPS) is 10.5. The van der Waals surface area contributed by atoms with Crippen LogP contribution in [-0.4, -0.2) is 6.61 Å². The van der Waals surface area contributed by atoms with Crippen molar-refractivity contribution in [2.75, 3.05) is 5.32 Å². The fourth-order valence-electron chi connectivity index (χ4n) is 1.66. The Morgan fingerprint density at radius 2 is 1.89 bits per heavy atom. The number of halogens is 3. The van der Waals surface area contributed by atoms with Gasteiger partial charge in [-0.15, -0.1) is 0 Å². The van der Waals surface area contributed by atoms with Gasteiger partial charge in [0.05, 0.1) is 5.69 Å². The summed E-state index contributed by atoms with van der Waals surface area (Å²) in [5.74, 6) is 0.146. The molecule has 19 heavy (non-hydrogen) atoms. The van der Waals surface area contributed by atoms with Crippen molar-refractivity contribution < 1.29 is 13.5 Å². The van der Waals surface area contributed by atoms with Gasteiger partial charge in [-0.3, -0.25) is 0 Å². The fourth-order valence-corrected chi connectivity index (χ4v) is 2.10. The lowest BCUT2D eigenvalue weighted by atomic mass is 10.2. The summed E-state index contributed by atoms with van der Waals surface area (Å²) in [7, 11) is 0. The predicted octanol–water partition coefficient (Wildman–Crippen LogP) is 4.66. The number of anilines is 1. The van der Waals surface area contributed by atoms with Gasteiger partial charge < -0.3 is 10.1 Å². The van der Waals surface area contributed by atoms with Gasteiger partial charge in [-0.25, -0.2) is 0 Å². The molecule has 5 heteroatoms. The van der Waals surface area contributed by atoms with Gasteiger partial charge in [-0.05, 0) is 29.8 Å². The Balaban J connectivity index is 2.07. The van der Waals surface area contributed by atoms with Gasteiger partial charge in [-0.2, -0.15) is 8.78 Å². The van der Waals surface area contributed by atoms with Crippen molar-refractivity contribution in [3.05, 3.63) is 58.6 Å². The molecular formula is C14H12BrF2NO. The molecule has 0 bridgehead atoms. The first-order valence-electron chi connectivity index (χ1n) is 5.67. The van der Waals surface area contributed by atoms with Crippen molar-refractivity contribution in [3.8, 4) is 5.75 Å². The zero-order valence-corrected chi connectivity index (χ0v) is 11.5. The number of alkyl halides is 2. The third-order valence-corrected chi connectivity index (χ3v) is 2.97. The molecule has 0 saturated heterocycles.